The molecule has 3 N–H and O–H groups in total. The van der Waals surface area contributed by atoms with Crippen molar-refractivity contribution in [3.8, 4) is 5.75 Å². The van der Waals surface area contributed by atoms with Crippen LogP contribution in [0.1, 0.15) is 10.4 Å². The topological polar surface area (TPSA) is 88.8 Å². The van der Waals surface area contributed by atoms with E-state index in [1.807, 2.05) is 42.5 Å². The number of aromatic hydroxyl groups is 1. The fraction of sp³-hybridized carbons (Fsp3) is 0. The Kier molecular flexibility index (Phi) is 3.47. The lowest BCUT2D eigenvalue weighted by atomic mass is 10.1. The normalized spacial score (nSPS) is 11.9. The largest absolute Gasteiger partial charge is 0.508 e. The lowest BCUT2D eigenvalue weighted by Crippen LogP contribution is -2.21. The van der Waals surface area contributed by atoms with Crippen molar-refractivity contribution in [3.63, 3.8) is 0 Å². The second kappa shape index (κ2) is 5.79. The number of primary amides is 1. The number of nitrogens with two attached hydrogens (primary N) is 1. The lowest BCUT2D eigenvalue weighted by molar-refractivity contribution is 0.0996. The molecule has 0 atom stereocenters. The Morgan fingerprint density at radius 2 is 1.76 bits per heavy atom. The zero-order valence-electron chi connectivity index (χ0n) is 13.1. The van der Waals surface area contributed by atoms with Gasteiger partial charge in [0.05, 0.1) is 5.69 Å². The second-order valence-electron chi connectivity index (χ2n) is 5.66. The molecule has 1 heterocycles. The van der Waals surface area contributed by atoms with Crippen LogP contribution in [-0.4, -0.2) is 11.0 Å². The number of carbonyl (C=O) groups is 1. The molecule has 122 valence electrons. The highest BCUT2D eigenvalue weighted by Gasteiger charge is 2.10. The van der Waals surface area contributed by atoms with Crippen LogP contribution in [0.5, 0.6) is 5.75 Å². The summed E-state index contributed by atoms with van der Waals surface area (Å²) in [6.45, 7) is 0. The van der Waals surface area contributed by atoms with Gasteiger partial charge in [0.15, 0.2) is 0 Å². The number of amides is 1. The summed E-state index contributed by atoms with van der Waals surface area (Å²) in [5, 5.41) is 12.3. The van der Waals surface area contributed by atoms with E-state index in [2.05, 4.69) is 4.99 Å². The Hall–Kier alpha value is -3.60. The Labute approximate surface area is 142 Å². The van der Waals surface area contributed by atoms with Crippen molar-refractivity contribution >= 4 is 33.3 Å². The SMILES string of the molecule is NC(=O)c1cc2ccc(O)cc2oc1=Nc1cccc2ccccc12. The first-order valence-electron chi connectivity index (χ1n) is 7.71. The van der Waals surface area contributed by atoms with E-state index in [9.17, 15) is 9.90 Å². The van der Waals surface area contributed by atoms with Crippen molar-refractivity contribution in [2.45, 2.75) is 0 Å². The highest BCUT2D eigenvalue weighted by Crippen LogP contribution is 2.25. The summed E-state index contributed by atoms with van der Waals surface area (Å²) in [5.41, 5.74) is 6.88. The number of carbonyl (C=O) groups excluding carboxylic acids is 1. The summed E-state index contributed by atoms with van der Waals surface area (Å²) in [7, 11) is 0. The van der Waals surface area contributed by atoms with Crippen LogP contribution >= 0.6 is 0 Å². The summed E-state index contributed by atoms with van der Waals surface area (Å²) in [5.74, 6) is -0.558. The predicted molar refractivity (Wildman–Crippen MR) is 95.6 cm³/mol. The van der Waals surface area contributed by atoms with E-state index in [0.29, 0.717) is 16.7 Å². The van der Waals surface area contributed by atoms with Gasteiger partial charge in [0.1, 0.15) is 16.9 Å². The van der Waals surface area contributed by atoms with Gasteiger partial charge in [-0.3, -0.25) is 4.79 Å². The summed E-state index contributed by atoms with van der Waals surface area (Å²) in [4.78, 5) is 16.4. The summed E-state index contributed by atoms with van der Waals surface area (Å²) >= 11 is 0. The third-order valence-corrected chi connectivity index (χ3v) is 3.99. The molecule has 5 heteroatoms. The van der Waals surface area contributed by atoms with Crippen molar-refractivity contribution in [2.75, 3.05) is 0 Å². The molecule has 4 rings (SSSR count). The molecule has 0 unspecified atom stereocenters. The quantitative estimate of drug-likeness (QED) is 0.588. The highest BCUT2D eigenvalue weighted by molar-refractivity contribution is 5.96. The Morgan fingerprint density at radius 1 is 0.960 bits per heavy atom. The number of hydrogen-bond acceptors (Lipinski definition) is 4. The zero-order chi connectivity index (χ0) is 17.4. The van der Waals surface area contributed by atoms with Crippen LogP contribution in [-0.2, 0) is 0 Å². The fourth-order valence-electron chi connectivity index (χ4n) is 2.78. The molecule has 25 heavy (non-hydrogen) atoms. The molecule has 0 aliphatic rings. The van der Waals surface area contributed by atoms with Gasteiger partial charge >= 0.3 is 0 Å². The van der Waals surface area contributed by atoms with Crippen molar-refractivity contribution in [1.29, 1.82) is 0 Å². The molecule has 0 fully saturated rings. The smallest absolute Gasteiger partial charge is 0.254 e. The maximum absolute atomic E-state index is 11.8. The van der Waals surface area contributed by atoms with Crippen LogP contribution in [0.3, 0.4) is 0 Å². The van der Waals surface area contributed by atoms with Gasteiger partial charge in [0, 0.05) is 16.8 Å². The average Bonchev–Trinajstić information content (AvgIpc) is 2.61. The van der Waals surface area contributed by atoms with Crippen molar-refractivity contribution < 1.29 is 14.3 Å². The third kappa shape index (κ3) is 2.72. The first kappa shape index (κ1) is 15.0. The third-order valence-electron chi connectivity index (χ3n) is 3.99. The van der Waals surface area contributed by atoms with Crippen LogP contribution < -0.4 is 11.3 Å². The maximum Gasteiger partial charge on any atom is 0.254 e. The van der Waals surface area contributed by atoms with Gasteiger partial charge in [-0.05, 0) is 29.7 Å². The molecule has 0 saturated carbocycles. The van der Waals surface area contributed by atoms with Gasteiger partial charge in [-0.25, -0.2) is 4.99 Å². The number of phenolic OH excluding ortho intramolecular Hbond substituents is 1. The molecule has 1 amide bonds. The van der Waals surface area contributed by atoms with E-state index in [4.69, 9.17) is 10.2 Å². The molecule has 0 aliphatic carbocycles. The molecule has 0 radical (unpaired) electrons. The molecule has 0 bridgehead atoms. The predicted octanol–water partition coefficient (Wildman–Crippen LogP) is 3.62. The molecule has 0 spiro atoms. The number of hydrogen-bond donors (Lipinski definition) is 2. The average molecular weight is 330 g/mol. The Balaban J connectivity index is 2.05. The van der Waals surface area contributed by atoms with E-state index >= 15 is 0 Å². The monoisotopic (exact) mass is 330 g/mol. The standard InChI is InChI=1S/C20H14N2O3/c21-19(24)16-10-13-8-9-14(23)11-18(13)25-20(16)22-17-7-3-5-12-4-1-2-6-15(12)17/h1-11,23H,(H2,21,24). The van der Waals surface area contributed by atoms with E-state index < -0.39 is 5.91 Å². The second-order valence-corrected chi connectivity index (χ2v) is 5.66. The van der Waals surface area contributed by atoms with Crippen LogP contribution in [0, 0.1) is 0 Å². The van der Waals surface area contributed by atoms with E-state index in [1.165, 1.54) is 12.1 Å². The first-order chi connectivity index (χ1) is 12.1. The molecule has 0 aliphatic heterocycles. The minimum Gasteiger partial charge on any atom is -0.508 e. The number of phenols is 1. The molecule has 3 aromatic carbocycles. The number of benzene rings is 3. The van der Waals surface area contributed by atoms with E-state index in [-0.39, 0.29) is 16.9 Å². The fourth-order valence-corrected chi connectivity index (χ4v) is 2.78. The van der Waals surface area contributed by atoms with Crippen molar-refractivity contribution in [2.24, 2.45) is 10.7 Å². The van der Waals surface area contributed by atoms with Gasteiger partial charge in [-0.2, -0.15) is 0 Å². The van der Waals surface area contributed by atoms with E-state index in [1.54, 1.807) is 12.1 Å². The molecule has 0 saturated heterocycles. The highest BCUT2D eigenvalue weighted by atomic mass is 16.3. The Morgan fingerprint density at radius 3 is 2.60 bits per heavy atom. The minimum absolute atomic E-state index is 0.0687. The van der Waals surface area contributed by atoms with Gasteiger partial charge in [-0.1, -0.05) is 36.4 Å². The first-order valence-corrected chi connectivity index (χ1v) is 7.71. The molecule has 1 aromatic heterocycles. The molecule has 4 aromatic rings. The van der Waals surface area contributed by atoms with Crippen molar-refractivity contribution in [1.82, 2.24) is 0 Å². The molecular formula is C20H14N2O3. The van der Waals surface area contributed by atoms with Gasteiger partial charge in [0.2, 0.25) is 5.55 Å². The number of nitrogens with zero attached hydrogens (tertiary/aromatic N) is 1. The lowest BCUT2D eigenvalue weighted by Gasteiger charge is -2.04. The maximum atomic E-state index is 11.8. The van der Waals surface area contributed by atoms with E-state index in [0.717, 1.165) is 10.8 Å². The molecular weight excluding hydrogens is 316 g/mol. The molecule has 5 nitrogen and oxygen atoms in total. The summed E-state index contributed by atoms with van der Waals surface area (Å²) in [6, 6.07) is 19.8. The Bertz CT molecular complexity index is 1190. The van der Waals surface area contributed by atoms with Crippen LogP contribution in [0.2, 0.25) is 0 Å². The van der Waals surface area contributed by atoms with Gasteiger partial charge < -0.3 is 15.3 Å². The summed E-state index contributed by atoms with van der Waals surface area (Å²) in [6.07, 6.45) is 0. The summed E-state index contributed by atoms with van der Waals surface area (Å²) < 4.78 is 5.76. The van der Waals surface area contributed by atoms with Crippen molar-refractivity contribution in [3.05, 3.63) is 77.8 Å². The van der Waals surface area contributed by atoms with Crippen LogP contribution in [0.15, 0.2) is 76.1 Å². The van der Waals surface area contributed by atoms with Crippen LogP contribution in [0.4, 0.5) is 5.69 Å². The van der Waals surface area contributed by atoms with Gasteiger partial charge in [0.25, 0.3) is 5.91 Å². The number of fused-ring (bicyclic) bond motifs is 2. The zero-order valence-corrected chi connectivity index (χ0v) is 13.1. The van der Waals surface area contributed by atoms with Crippen LogP contribution in [0.25, 0.3) is 21.7 Å². The minimum atomic E-state index is -0.627. The number of rotatable bonds is 2. The van der Waals surface area contributed by atoms with Gasteiger partial charge in [-0.15, -0.1) is 0 Å².